The fourth-order valence-electron chi connectivity index (χ4n) is 2.77. The number of benzene rings is 1. The van der Waals surface area contributed by atoms with Gasteiger partial charge in [0.05, 0.1) is 12.3 Å². The molecule has 2 aliphatic rings. The fourth-order valence-corrected chi connectivity index (χ4v) is 4.96. The van der Waals surface area contributed by atoms with Crippen molar-refractivity contribution in [3.8, 4) is 0 Å². The Balaban J connectivity index is 1.56. The molecule has 1 aliphatic carbocycles. The first-order valence-electron chi connectivity index (χ1n) is 7.58. The molecular weight excluding hydrogens is 360 g/mol. The summed E-state index contributed by atoms with van der Waals surface area (Å²) >= 11 is 5.60. The van der Waals surface area contributed by atoms with E-state index in [-0.39, 0.29) is 0 Å². The van der Waals surface area contributed by atoms with Gasteiger partial charge in [-0.3, -0.25) is 10.4 Å². The lowest BCUT2D eigenvalue weighted by Gasteiger charge is -2.27. The van der Waals surface area contributed by atoms with Gasteiger partial charge in [0.1, 0.15) is 0 Å². The Bertz CT molecular complexity index is 570. The third kappa shape index (κ3) is 3.66. The summed E-state index contributed by atoms with van der Waals surface area (Å²) < 4.78 is 0. The maximum Gasteiger partial charge on any atom is 0.177 e. The highest BCUT2D eigenvalue weighted by Gasteiger charge is 2.37. The van der Waals surface area contributed by atoms with Gasteiger partial charge in [0.2, 0.25) is 0 Å². The molecule has 118 valence electrons. The number of nitrogens with zero attached hydrogens (tertiary/aromatic N) is 3. The van der Waals surface area contributed by atoms with Crippen molar-refractivity contribution < 1.29 is 0 Å². The van der Waals surface area contributed by atoms with Crippen LogP contribution in [-0.2, 0) is 0 Å². The molecule has 4 nitrogen and oxygen atoms in total. The predicted molar refractivity (Wildman–Crippen MR) is 101 cm³/mol. The van der Waals surface area contributed by atoms with Gasteiger partial charge in [0.25, 0.3) is 0 Å². The summed E-state index contributed by atoms with van der Waals surface area (Å²) in [5.74, 6) is 0. The SMILES string of the molecule is CN(C)c1ccc(/C=N/NC2=NC3CCCC(Br)C3S2)cc1. The predicted octanol–water partition coefficient (Wildman–Crippen LogP) is 3.46. The van der Waals surface area contributed by atoms with Gasteiger partial charge in [-0.05, 0) is 30.5 Å². The Morgan fingerprint density at radius 1 is 1.32 bits per heavy atom. The van der Waals surface area contributed by atoms with Crippen LogP contribution in [0, 0.1) is 0 Å². The molecule has 0 amide bonds. The van der Waals surface area contributed by atoms with E-state index in [0.29, 0.717) is 16.1 Å². The van der Waals surface area contributed by atoms with Crippen molar-refractivity contribution in [2.75, 3.05) is 19.0 Å². The van der Waals surface area contributed by atoms with Crippen LogP contribution in [0.3, 0.4) is 0 Å². The second-order valence-corrected chi connectivity index (χ2v) is 8.23. The molecule has 22 heavy (non-hydrogen) atoms. The third-order valence-electron chi connectivity index (χ3n) is 4.03. The van der Waals surface area contributed by atoms with Gasteiger partial charge >= 0.3 is 0 Å². The monoisotopic (exact) mass is 380 g/mol. The Morgan fingerprint density at radius 3 is 2.77 bits per heavy atom. The van der Waals surface area contributed by atoms with E-state index in [4.69, 9.17) is 4.99 Å². The zero-order valence-electron chi connectivity index (χ0n) is 12.9. The molecule has 3 atom stereocenters. The van der Waals surface area contributed by atoms with Gasteiger partial charge in [-0.25, -0.2) is 0 Å². The second kappa shape index (κ2) is 7.04. The Kier molecular flexibility index (Phi) is 5.08. The number of nitrogens with one attached hydrogen (secondary N) is 1. The van der Waals surface area contributed by atoms with Crippen LogP contribution in [0.15, 0.2) is 34.4 Å². The van der Waals surface area contributed by atoms with Crippen molar-refractivity contribution in [2.45, 2.75) is 35.4 Å². The zero-order chi connectivity index (χ0) is 15.5. The van der Waals surface area contributed by atoms with E-state index in [1.807, 2.05) is 32.1 Å². The molecule has 1 saturated carbocycles. The minimum atomic E-state index is 0.445. The Labute approximate surface area is 144 Å². The highest BCUT2D eigenvalue weighted by Crippen LogP contribution is 2.39. The molecule has 3 unspecified atom stereocenters. The second-order valence-electron chi connectivity index (χ2n) is 5.89. The zero-order valence-corrected chi connectivity index (χ0v) is 15.3. The summed E-state index contributed by atoms with van der Waals surface area (Å²) in [6.07, 6.45) is 5.55. The number of alkyl halides is 1. The smallest absolute Gasteiger partial charge is 0.177 e. The van der Waals surface area contributed by atoms with Crippen molar-refractivity contribution in [1.29, 1.82) is 0 Å². The largest absolute Gasteiger partial charge is 0.378 e. The molecule has 0 saturated heterocycles. The van der Waals surface area contributed by atoms with Crippen molar-refractivity contribution in [2.24, 2.45) is 10.1 Å². The van der Waals surface area contributed by atoms with Gasteiger partial charge in [0, 0.05) is 29.9 Å². The van der Waals surface area contributed by atoms with Gasteiger partial charge < -0.3 is 4.90 Å². The van der Waals surface area contributed by atoms with Gasteiger partial charge in [-0.2, -0.15) is 5.10 Å². The van der Waals surface area contributed by atoms with Crippen LogP contribution in [0.2, 0.25) is 0 Å². The molecule has 1 N–H and O–H groups in total. The van der Waals surface area contributed by atoms with Crippen molar-refractivity contribution in [1.82, 2.24) is 5.43 Å². The number of halogens is 1. The number of anilines is 1. The van der Waals surface area contributed by atoms with Crippen LogP contribution >= 0.6 is 27.7 Å². The first-order chi connectivity index (χ1) is 10.6. The van der Waals surface area contributed by atoms with E-state index in [2.05, 4.69) is 55.6 Å². The lowest BCUT2D eigenvalue weighted by Crippen LogP contribution is -2.31. The Hall–Kier alpha value is -1.01. The average Bonchev–Trinajstić information content (AvgIpc) is 2.92. The molecule has 1 aromatic rings. The minimum Gasteiger partial charge on any atom is -0.378 e. The average molecular weight is 381 g/mol. The van der Waals surface area contributed by atoms with Crippen molar-refractivity contribution in [3.05, 3.63) is 29.8 Å². The van der Waals surface area contributed by atoms with Crippen LogP contribution < -0.4 is 10.3 Å². The van der Waals surface area contributed by atoms with Crippen molar-refractivity contribution in [3.63, 3.8) is 0 Å². The van der Waals surface area contributed by atoms with Crippen LogP contribution in [-0.4, -0.2) is 41.6 Å². The van der Waals surface area contributed by atoms with Crippen LogP contribution in [0.1, 0.15) is 24.8 Å². The van der Waals surface area contributed by atoms with E-state index < -0.39 is 0 Å². The van der Waals surface area contributed by atoms with E-state index >= 15 is 0 Å². The quantitative estimate of drug-likeness (QED) is 0.495. The highest BCUT2D eigenvalue weighted by atomic mass is 79.9. The number of fused-ring (bicyclic) bond motifs is 1. The molecule has 1 aromatic carbocycles. The number of amidine groups is 1. The number of rotatable bonds is 3. The first kappa shape index (κ1) is 15.9. The molecule has 0 aromatic heterocycles. The van der Waals surface area contributed by atoms with Gasteiger partial charge in [-0.1, -0.05) is 46.2 Å². The standard InChI is InChI=1S/C16H21BrN4S/c1-21(2)12-8-6-11(7-9-12)10-18-20-16-19-14-5-3-4-13(17)15(14)22-16/h6-10,13-15H,3-5H2,1-2H3,(H,19,20)/b18-10+. The topological polar surface area (TPSA) is 40.0 Å². The lowest BCUT2D eigenvalue weighted by molar-refractivity contribution is 0.475. The molecule has 1 heterocycles. The maximum atomic E-state index is 4.75. The summed E-state index contributed by atoms with van der Waals surface area (Å²) in [6.45, 7) is 0. The summed E-state index contributed by atoms with van der Waals surface area (Å²) in [5.41, 5.74) is 5.36. The molecular formula is C16H21BrN4S. The summed E-state index contributed by atoms with van der Waals surface area (Å²) in [6, 6.07) is 8.76. The van der Waals surface area contributed by atoms with Gasteiger partial charge in [0.15, 0.2) is 5.17 Å². The van der Waals surface area contributed by atoms with Crippen molar-refractivity contribution >= 4 is 44.8 Å². The Morgan fingerprint density at radius 2 is 2.09 bits per heavy atom. The number of hydrazone groups is 1. The number of thioether (sulfide) groups is 1. The lowest BCUT2D eigenvalue weighted by atomic mass is 9.95. The number of hydrogen-bond donors (Lipinski definition) is 1. The van der Waals surface area contributed by atoms with Gasteiger partial charge in [-0.15, -0.1) is 0 Å². The number of aliphatic imine (C=N–C) groups is 1. The molecule has 1 aliphatic heterocycles. The van der Waals surface area contributed by atoms with Crippen LogP contribution in [0.25, 0.3) is 0 Å². The summed E-state index contributed by atoms with van der Waals surface area (Å²) in [7, 11) is 4.08. The number of hydrogen-bond acceptors (Lipinski definition) is 5. The normalized spacial score (nSPS) is 27.6. The van der Waals surface area contributed by atoms with Crippen LogP contribution in [0.5, 0.6) is 0 Å². The summed E-state index contributed by atoms with van der Waals surface area (Å²) in [5, 5.41) is 5.83. The highest BCUT2D eigenvalue weighted by molar-refractivity contribution is 9.09. The molecule has 3 rings (SSSR count). The van der Waals surface area contributed by atoms with E-state index in [0.717, 1.165) is 10.7 Å². The maximum absolute atomic E-state index is 4.75. The minimum absolute atomic E-state index is 0.445. The fraction of sp³-hybridized carbons (Fsp3) is 0.500. The molecule has 0 bridgehead atoms. The molecule has 6 heteroatoms. The van der Waals surface area contributed by atoms with E-state index in [1.54, 1.807) is 0 Å². The molecule has 0 spiro atoms. The molecule has 0 radical (unpaired) electrons. The third-order valence-corrected chi connectivity index (χ3v) is 6.74. The van der Waals surface area contributed by atoms with E-state index in [9.17, 15) is 0 Å². The van der Waals surface area contributed by atoms with Crippen LogP contribution in [0.4, 0.5) is 5.69 Å². The first-order valence-corrected chi connectivity index (χ1v) is 9.38. The molecule has 1 fully saturated rings. The van der Waals surface area contributed by atoms with E-state index in [1.165, 1.54) is 24.9 Å². The summed E-state index contributed by atoms with van der Waals surface area (Å²) in [4.78, 5) is 7.40.